The number of thiophene rings is 1. The number of hydrogen-bond acceptors (Lipinski definition) is 5. The molecule has 102 valence electrons. The monoisotopic (exact) mass is 287 g/mol. The van der Waals surface area contributed by atoms with E-state index in [1.54, 1.807) is 11.3 Å². The fraction of sp³-hybridized carbons (Fsp3) is 0.615. The molecule has 1 atom stereocenters. The van der Waals surface area contributed by atoms with Crippen molar-refractivity contribution in [3.63, 3.8) is 0 Å². The van der Waals surface area contributed by atoms with E-state index in [0.717, 1.165) is 18.0 Å². The highest BCUT2D eigenvalue weighted by atomic mass is 32.2. The molecule has 1 rings (SSSR count). The van der Waals surface area contributed by atoms with E-state index in [2.05, 4.69) is 29.3 Å². The molecular formula is C13H21NO2S2. The number of ether oxygens (including phenoxy) is 1. The molecule has 0 aliphatic rings. The molecule has 0 saturated heterocycles. The van der Waals surface area contributed by atoms with Crippen molar-refractivity contribution in [2.24, 2.45) is 5.92 Å². The molecule has 0 aliphatic heterocycles. The van der Waals surface area contributed by atoms with Crippen LogP contribution in [-0.4, -0.2) is 31.6 Å². The molecule has 18 heavy (non-hydrogen) atoms. The zero-order valence-corrected chi connectivity index (χ0v) is 12.8. The summed E-state index contributed by atoms with van der Waals surface area (Å²) in [5.74, 6) is 1.70. The van der Waals surface area contributed by atoms with E-state index in [0.29, 0.717) is 12.3 Å². The van der Waals surface area contributed by atoms with Crippen LogP contribution in [0.15, 0.2) is 12.1 Å². The molecule has 1 N–H and O–H groups in total. The predicted molar refractivity (Wildman–Crippen MR) is 79.3 cm³/mol. The van der Waals surface area contributed by atoms with Gasteiger partial charge in [-0.2, -0.15) is 11.8 Å². The van der Waals surface area contributed by atoms with Crippen LogP contribution in [0.25, 0.3) is 0 Å². The average molecular weight is 287 g/mol. The minimum absolute atomic E-state index is 0.176. The van der Waals surface area contributed by atoms with Crippen molar-refractivity contribution in [3.05, 3.63) is 21.9 Å². The molecule has 5 heteroatoms. The van der Waals surface area contributed by atoms with Gasteiger partial charge in [0.25, 0.3) is 0 Å². The van der Waals surface area contributed by atoms with Crippen LogP contribution < -0.4 is 5.32 Å². The molecule has 1 aromatic heterocycles. The van der Waals surface area contributed by atoms with Gasteiger partial charge in [0, 0.05) is 16.3 Å². The molecule has 1 aromatic rings. The summed E-state index contributed by atoms with van der Waals surface area (Å²) >= 11 is 3.55. The molecule has 0 bridgehead atoms. The summed E-state index contributed by atoms with van der Waals surface area (Å²) in [5.41, 5.74) is 0. The smallest absolute Gasteiger partial charge is 0.310 e. The van der Waals surface area contributed by atoms with Gasteiger partial charge in [0.1, 0.15) is 0 Å². The van der Waals surface area contributed by atoms with Gasteiger partial charge in [0.05, 0.1) is 13.5 Å². The van der Waals surface area contributed by atoms with E-state index >= 15 is 0 Å². The first-order chi connectivity index (χ1) is 8.65. The summed E-state index contributed by atoms with van der Waals surface area (Å²) in [5, 5.41) is 3.45. The first-order valence-electron chi connectivity index (χ1n) is 5.99. The van der Waals surface area contributed by atoms with Gasteiger partial charge < -0.3 is 10.1 Å². The van der Waals surface area contributed by atoms with E-state index in [1.165, 1.54) is 17.7 Å². The zero-order chi connectivity index (χ0) is 13.4. The molecule has 0 amide bonds. The van der Waals surface area contributed by atoms with Crippen molar-refractivity contribution in [2.45, 2.75) is 19.9 Å². The maximum atomic E-state index is 11.1. The SMILES string of the molecule is COC(=O)Cc1ccc(CNCC(C)CSC)s1. The van der Waals surface area contributed by atoms with E-state index in [-0.39, 0.29) is 5.97 Å². The number of esters is 1. The molecule has 0 aromatic carbocycles. The van der Waals surface area contributed by atoms with Crippen LogP contribution in [0, 0.1) is 5.92 Å². The Labute approximate surface area is 117 Å². The van der Waals surface area contributed by atoms with Crippen LogP contribution in [0.4, 0.5) is 0 Å². The standard InChI is InChI=1S/C13H21NO2S2/c1-10(9-17-3)7-14-8-12-5-4-11(18-12)6-13(15)16-2/h4-5,10,14H,6-9H2,1-3H3. The minimum atomic E-state index is -0.176. The van der Waals surface area contributed by atoms with Gasteiger partial charge in [-0.25, -0.2) is 0 Å². The first-order valence-corrected chi connectivity index (χ1v) is 8.20. The second-order valence-corrected chi connectivity index (χ2v) is 6.48. The Kier molecular flexibility index (Phi) is 7.39. The minimum Gasteiger partial charge on any atom is -0.469 e. The molecule has 0 radical (unpaired) electrons. The van der Waals surface area contributed by atoms with Crippen molar-refractivity contribution < 1.29 is 9.53 Å². The number of hydrogen-bond donors (Lipinski definition) is 1. The number of methoxy groups -OCH3 is 1. The van der Waals surface area contributed by atoms with Gasteiger partial charge >= 0.3 is 5.97 Å². The largest absolute Gasteiger partial charge is 0.469 e. The fourth-order valence-electron chi connectivity index (χ4n) is 1.61. The van der Waals surface area contributed by atoms with Crippen LogP contribution >= 0.6 is 23.1 Å². The van der Waals surface area contributed by atoms with Crippen LogP contribution in [0.2, 0.25) is 0 Å². The lowest BCUT2D eigenvalue weighted by Gasteiger charge is -2.10. The molecular weight excluding hydrogens is 266 g/mol. The molecule has 1 unspecified atom stereocenters. The highest BCUT2D eigenvalue weighted by Crippen LogP contribution is 2.17. The lowest BCUT2D eigenvalue weighted by Crippen LogP contribution is -2.21. The lowest BCUT2D eigenvalue weighted by atomic mass is 10.2. The maximum Gasteiger partial charge on any atom is 0.310 e. The zero-order valence-electron chi connectivity index (χ0n) is 11.2. The van der Waals surface area contributed by atoms with E-state index in [1.807, 2.05) is 17.8 Å². The maximum absolute atomic E-state index is 11.1. The van der Waals surface area contributed by atoms with Gasteiger partial charge in [-0.3, -0.25) is 4.79 Å². The normalized spacial score (nSPS) is 12.4. The van der Waals surface area contributed by atoms with Gasteiger partial charge in [0.2, 0.25) is 0 Å². The summed E-state index contributed by atoms with van der Waals surface area (Å²) in [6.07, 6.45) is 2.51. The van der Waals surface area contributed by atoms with Crippen LogP contribution in [0.3, 0.4) is 0 Å². The third-order valence-electron chi connectivity index (χ3n) is 2.51. The molecule has 0 spiro atoms. The van der Waals surface area contributed by atoms with Crippen LogP contribution in [0.5, 0.6) is 0 Å². The molecule has 0 saturated carbocycles. The number of nitrogens with one attached hydrogen (secondary N) is 1. The number of rotatable bonds is 8. The Bertz CT molecular complexity index is 366. The third kappa shape index (κ3) is 5.89. The highest BCUT2D eigenvalue weighted by molar-refractivity contribution is 7.98. The third-order valence-corrected chi connectivity index (χ3v) is 4.49. The van der Waals surface area contributed by atoms with Crippen LogP contribution in [0.1, 0.15) is 16.7 Å². The van der Waals surface area contributed by atoms with E-state index in [9.17, 15) is 4.79 Å². The molecule has 1 heterocycles. The van der Waals surface area contributed by atoms with E-state index < -0.39 is 0 Å². The second kappa shape index (κ2) is 8.56. The number of carbonyl (C=O) groups is 1. The van der Waals surface area contributed by atoms with Gasteiger partial charge in [-0.15, -0.1) is 11.3 Å². The Morgan fingerprint density at radius 1 is 1.50 bits per heavy atom. The Balaban J connectivity index is 2.29. The van der Waals surface area contributed by atoms with Gasteiger partial charge in [-0.1, -0.05) is 6.92 Å². The Hall–Kier alpha value is -0.520. The fourth-order valence-corrected chi connectivity index (χ4v) is 3.27. The van der Waals surface area contributed by atoms with Crippen molar-refractivity contribution >= 4 is 29.1 Å². The number of thioether (sulfide) groups is 1. The van der Waals surface area contributed by atoms with Crippen LogP contribution in [-0.2, 0) is 22.5 Å². The quantitative estimate of drug-likeness (QED) is 0.746. The van der Waals surface area contributed by atoms with Gasteiger partial charge in [-0.05, 0) is 36.6 Å². The summed E-state index contributed by atoms with van der Waals surface area (Å²) < 4.78 is 4.65. The Morgan fingerprint density at radius 3 is 2.89 bits per heavy atom. The van der Waals surface area contributed by atoms with Crippen molar-refractivity contribution in [1.29, 1.82) is 0 Å². The van der Waals surface area contributed by atoms with Crippen molar-refractivity contribution in [1.82, 2.24) is 5.32 Å². The van der Waals surface area contributed by atoms with Gasteiger partial charge in [0.15, 0.2) is 0 Å². The molecule has 3 nitrogen and oxygen atoms in total. The summed E-state index contributed by atoms with van der Waals surface area (Å²) in [7, 11) is 1.42. The van der Waals surface area contributed by atoms with E-state index in [4.69, 9.17) is 0 Å². The lowest BCUT2D eigenvalue weighted by molar-refractivity contribution is -0.139. The first kappa shape index (κ1) is 15.5. The number of carbonyl (C=O) groups excluding carboxylic acids is 1. The topological polar surface area (TPSA) is 38.3 Å². The highest BCUT2D eigenvalue weighted by Gasteiger charge is 2.06. The van der Waals surface area contributed by atoms with Crippen molar-refractivity contribution in [3.8, 4) is 0 Å². The second-order valence-electron chi connectivity index (χ2n) is 4.31. The molecule has 0 aliphatic carbocycles. The summed E-state index contributed by atoms with van der Waals surface area (Å²) in [4.78, 5) is 13.5. The average Bonchev–Trinajstić information content (AvgIpc) is 2.77. The summed E-state index contributed by atoms with van der Waals surface area (Å²) in [6, 6.07) is 4.08. The summed E-state index contributed by atoms with van der Waals surface area (Å²) in [6.45, 7) is 4.16. The Morgan fingerprint density at radius 2 is 2.22 bits per heavy atom. The molecule has 0 fully saturated rings. The predicted octanol–water partition coefficient (Wildman–Crippen LogP) is 2.55. The van der Waals surface area contributed by atoms with Crippen molar-refractivity contribution in [2.75, 3.05) is 25.7 Å².